The number of halogens is 1. The number of ether oxygens (including phenoxy) is 1. The fourth-order valence-corrected chi connectivity index (χ4v) is 2.63. The lowest BCUT2D eigenvalue weighted by Crippen LogP contribution is -2.30. The Balaban J connectivity index is 1.80. The molecule has 1 aromatic heterocycles. The number of aryl methyl sites for hydroxylation is 1. The van der Waals surface area contributed by atoms with E-state index in [9.17, 15) is 9.59 Å². The lowest BCUT2D eigenvalue weighted by atomic mass is 10.1. The fourth-order valence-electron chi connectivity index (χ4n) is 2.00. The van der Waals surface area contributed by atoms with Gasteiger partial charge in [0.1, 0.15) is 5.76 Å². The second-order valence-corrected chi connectivity index (χ2v) is 6.12. The van der Waals surface area contributed by atoms with Gasteiger partial charge in [-0.15, -0.1) is 0 Å². The summed E-state index contributed by atoms with van der Waals surface area (Å²) in [5.41, 5.74) is 1.97. The van der Waals surface area contributed by atoms with Gasteiger partial charge in [0.05, 0.1) is 12.3 Å². The van der Waals surface area contributed by atoms with Gasteiger partial charge < -0.3 is 14.5 Å². The number of rotatable bonds is 6. The lowest BCUT2D eigenvalue weighted by molar-refractivity contribution is -0.144. The molecule has 1 N–H and O–H groups in total. The van der Waals surface area contributed by atoms with Crippen molar-refractivity contribution in [3.05, 3.63) is 64.0 Å². The number of benzene rings is 1. The summed E-state index contributed by atoms with van der Waals surface area (Å²) in [4.78, 5) is 23.4. The van der Waals surface area contributed by atoms with Gasteiger partial charge in [0.15, 0.2) is 6.61 Å². The van der Waals surface area contributed by atoms with Crippen LogP contribution in [-0.2, 0) is 14.3 Å². The van der Waals surface area contributed by atoms with Crippen LogP contribution in [0.15, 0.2) is 51.6 Å². The molecule has 0 saturated carbocycles. The molecule has 0 bridgehead atoms. The molecule has 1 heterocycles. The van der Waals surface area contributed by atoms with Gasteiger partial charge >= 0.3 is 5.97 Å². The van der Waals surface area contributed by atoms with E-state index in [1.165, 1.54) is 12.3 Å². The first-order chi connectivity index (χ1) is 11.5. The highest BCUT2D eigenvalue weighted by Gasteiger charge is 2.12. The third-order valence-corrected chi connectivity index (χ3v) is 3.93. The summed E-state index contributed by atoms with van der Waals surface area (Å²) in [5.74, 6) is -0.334. The number of nitrogens with one attached hydrogen (secondary N) is 1. The minimum Gasteiger partial charge on any atom is -0.467 e. The molecular formula is C18H18BrNO4. The van der Waals surface area contributed by atoms with Crippen LogP contribution in [0, 0.1) is 6.92 Å². The maximum absolute atomic E-state index is 11.8. The van der Waals surface area contributed by atoms with Crippen molar-refractivity contribution < 1.29 is 18.7 Å². The number of carbonyl (C=O) groups excluding carboxylic acids is 2. The number of amides is 1. The SMILES string of the molecule is Cc1ccc(/C=C/C(=O)OCC(=O)N[C@@H](C)c2ccco2)c(Br)c1. The second-order valence-electron chi connectivity index (χ2n) is 5.27. The summed E-state index contributed by atoms with van der Waals surface area (Å²) in [5, 5.41) is 2.69. The van der Waals surface area contributed by atoms with Gasteiger partial charge in [-0.3, -0.25) is 4.79 Å². The Morgan fingerprint density at radius 3 is 2.83 bits per heavy atom. The average Bonchev–Trinajstić information content (AvgIpc) is 3.06. The molecule has 0 unspecified atom stereocenters. The molecular weight excluding hydrogens is 374 g/mol. The van der Waals surface area contributed by atoms with Gasteiger partial charge in [0.2, 0.25) is 0 Å². The van der Waals surface area contributed by atoms with Crippen LogP contribution in [0.3, 0.4) is 0 Å². The van der Waals surface area contributed by atoms with Crippen LogP contribution in [0.5, 0.6) is 0 Å². The topological polar surface area (TPSA) is 68.5 Å². The Kier molecular flexibility index (Phi) is 6.37. The van der Waals surface area contributed by atoms with Crippen molar-refractivity contribution in [2.75, 3.05) is 6.61 Å². The van der Waals surface area contributed by atoms with Crippen molar-refractivity contribution >= 4 is 33.9 Å². The minimum atomic E-state index is -0.580. The maximum atomic E-state index is 11.8. The van der Waals surface area contributed by atoms with Crippen LogP contribution in [0.4, 0.5) is 0 Å². The minimum absolute atomic E-state index is 0.287. The predicted molar refractivity (Wildman–Crippen MR) is 94.1 cm³/mol. The van der Waals surface area contributed by atoms with Crippen molar-refractivity contribution in [3.8, 4) is 0 Å². The fraction of sp³-hybridized carbons (Fsp3) is 0.222. The summed E-state index contributed by atoms with van der Waals surface area (Å²) in [6, 6.07) is 9.00. The first kappa shape index (κ1) is 18.0. The first-order valence-corrected chi connectivity index (χ1v) is 8.19. The van der Waals surface area contributed by atoms with Gasteiger partial charge in [-0.1, -0.05) is 28.1 Å². The molecule has 0 radical (unpaired) electrons. The van der Waals surface area contributed by atoms with Crippen molar-refractivity contribution in [2.45, 2.75) is 19.9 Å². The lowest BCUT2D eigenvalue weighted by Gasteiger charge is -2.11. The molecule has 1 atom stereocenters. The van der Waals surface area contributed by atoms with Crippen LogP contribution in [-0.4, -0.2) is 18.5 Å². The number of hydrogen-bond donors (Lipinski definition) is 1. The molecule has 1 amide bonds. The molecule has 0 fully saturated rings. The molecule has 0 aliphatic rings. The van der Waals surface area contributed by atoms with E-state index in [1.807, 2.05) is 25.1 Å². The van der Waals surface area contributed by atoms with Gasteiger partial charge in [0, 0.05) is 10.5 Å². The molecule has 0 aliphatic carbocycles. The van der Waals surface area contributed by atoms with Gasteiger partial charge in [-0.05, 0) is 49.2 Å². The normalized spacial score (nSPS) is 12.1. The molecule has 0 spiro atoms. The second kappa shape index (κ2) is 8.49. The van der Waals surface area contributed by atoms with Crippen molar-refractivity contribution in [3.63, 3.8) is 0 Å². The zero-order valence-electron chi connectivity index (χ0n) is 13.4. The highest BCUT2D eigenvalue weighted by molar-refractivity contribution is 9.10. The van der Waals surface area contributed by atoms with E-state index in [2.05, 4.69) is 21.2 Å². The summed E-state index contributed by atoms with van der Waals surface area (Å²) in [7, 11) is 0. The summed E-state index contributed by atoms with van der Waals surface area (Å²) in [6.07, 6.45) is 4.46. The maximum Gasteiger partial charge on any atom is 0.331 e. The first-order valence-electron chi connectivity index (χ1n) is 7.39. The van der Waals surface area contributed by atoms with E-state index in [-0.39, 0.29) is 12.6 Å². The van der Waals surface area contributed by atoms with E-state index >= 15 is 0 Å². The number of carbonyl (C=O) groups is 2. The zero-order valence-corrected chi connectivity index (χ0v) is 15.0. The zero-order chi connectivity index (χ0) is 17.5. The summed E-state index contributed by atoms with van der Waals surface area (Å²) < 4.78 is 11.0. The monoisotopic (exact) mass is 391 g/mol. The van der Waals surface area contributed by atoms with E-state index in [1.54, 1.807) is 25.1 Å². The smallest absolute Gasteiger partial charge is 0.331 e. The van der Waals surface area contributed by atoms with Crippen LogP contribution in [0.1, 0.15) is 29.9 Å². The average molecular weight is 392 g/mol. The highest BCUT2D eigenvalue weighted by Crippen LogP contribution is 2.19. The number of hydrogen-bond acceptors (Lipinski definition) is 4. The molecule has 1 aromatic carbocycles. The Labute approximate surface area is 148 Å². The van der Waals surface area contributed by atoms with Gasteiger partial charge in [-0.25, -0.2) is 4.79 Å². The molecule has 5 nitrogen and oxygen atoms in total. The number of esters is 1. The number of furan rings is 1. The van der Waals surface area contributed by atoms with Crippen molar-refractivity contribution in [1.82, 2.24) is 5.32 Å². The van der Waals surface area contributed by atoms with Gasteiger partial charge in [-0.2, -0.15) is 0 Å². The summed E-state index contributed by atoms with van der Waals surface area (Å²) >= 11 is 3.43. The van der Waals surface area contributed by atoms with Gasteiger partial charge in [0.25, 0.3) is 5.91 Å². The molecule has 2 rings (SSSR count). The van der Waals surface area contributed by atoms with E-state index in [0.717, 1.165) is 15.6 Å². The predicted octanol–water partition coefficient (Wildman–Crippen LogP) is 3.78. The van der Waals surface area contributed by atoms with Crippen LogP contribution >= 0.6 is 15.9 Å². The standard InChI is InChI=1S/C18H18BrNO4/c1-12-5-6-14(15(19)10-12)7-8-18(22)24-11-17(21)20-13(2)16-4-3-9-23-16/h3-10,13H,11H2,1-2H3,(H,20,21)/b8-7+/t13-/m0/s1. The van der Waals surface area contributed by atoms with Crippen LogP contribution < -0.4 is 5.32 Å². The third kappa shape index (κ3) is 5.38. The Hall–Kier alpha value is -2.34. The highest BCUT2D eigenvalue weighted by atomic mass is 79.9. The van der Waals surface area contributed by atoms with Crippen molar-refractivity contribution in [2.24, 2.45) is 0 Å². The Morgan fingerprint density at radius 1 is 1.38 bits per heavy atom. The Bertz CT molecular complexity index is 737. The Morgan fingerprint density at radius 2 is 2.17 bits per heavy atom. The molecule has 24 heavy (non-hydrogen) atoms. The molecule has 126 valence electrons. The van der Waals surface area contributed by atoms with E-state index in [0.29, 0.717) is 5.76 Å². The molecule has 2 aromatic rings. The summed E-state index contributed by atoms with van der Waals surface area (Å²) in [6.45, 7) is 3.42. The molecule has 6 heteroatoms. The van der Waals surface area contributed by atoms with E-state index in [4.69, 9.17) is 9.15 Å². The molecule has 0 saturated heterocycles. The largest absolute Gasteiger partial charge is 0.467 e. The quantitative estimate of drug-likeness (QED) is 0.600. The van der Waals surface area contributed by atoms with E-state index < -0.39 is 11.9 Å². The van der Waals surface area contributed by atoms with Crippen molar-refractivity contribution in [1.29, 1.82) is 0 Å². The molecule has 0 aliphatic heterocycles. The third-order valence-electron chi connectivity index (χ3n) is 3.25. The van der Waals surface area contributed by atoms with Crippen LogP contribution in [0.25, 0.3) is 6.08 Å². The van der Waals surface area contributed by atoms with Crippen LogP contribution in [0.2, 0.25) is 0 Å².